The minimum absolute atomic E-state index is 0.0106. The molecule has 1 aromatic carbocycles. The molecule has 1 unspecified atom stereocenters. The fourth-order valence-electron chi connectivity index (χ4n) is 3.43. The Morgan fingerprint density at radius 1 is 1.33 bits per heavy atom. The van der Waals surface area contributed by atoms with E-state index in [1.165, 1.54) is 0 Å². The highest BCUT2D eigenvalue weighted by molar-refractivity contribution is 7.93. The monoisotopic (exact) mass is 471 g/mol. The number of carbonyl (C=O) groups excluding carboxylic acids is 1. The van der Waals surface area contributed by atoms with Crippen molar-refractivity contribution in [3.8, 4) is 23.3 Å². The van der Waals surface area contributed by atoms with Crippen LogP contribution in [0.4, 0.5) is 5.82 Å². The molecule has 1 atom stereocenters. The maximum absolute atomic E-state index is 12.6. The van der Waals surface area contributed by atoms with E-state index >= 15 is 0 Å². The summed E-state index contributed by atoms with van der Waals surface area (Å²) in [7, 11) is 0. The smallest absolute Gasteiger partial charge is 0.347 e. The molecule has 1 aliphatic rings. The number of aromatic nitrogens is 2. The van der Waals surface area contributed by atoms with Crippen LogP contribution in [0.3, 0.4) is 0 Å². The third kappa shape index (κ3) is 5.75. The molecule has 9 heteroatoms. The van der Waals surface area contributed by atoms with Gasteiger partial charge in [-0.25, -0.2) is 9.78 Å². The van der Waals surface area contributed by atoms with E-state index in [0.717, 1.165) is 0 Å². The Hall–Kier alpha value is -2.83. The van der Waals surface area contributed by atoms with Crippen molar-refractivity contribution in [1.82, 2.24) is 9.97 Å². The van der Waals surface area contributed by atoms with Crippen molar-refractivity contribution in [3.63, 3.8) is 0 Å². The summed E-state index contributed by atoms with van der Waals surface area (Å²) in [5.74, 6) is -0.314. The van der Waals surface area contributed by atoms with Crippen molar-refractivity contribution < 1.29 is 18.5 Å². The Morgan fingerprint density at radius 2 is 2.03 bits per heavy atom. The van der Waals surface area contributed by atoms with Crippen LogP contribution in [0, 0.1) is 11.3 Å². The highest BCUT2D eigenvalue weighted by Gasteiger charge is 2.50. The number of rotatable bonds is 7. The Balaban J connectivity index is 1.87. The lowest BCUT2D eigenvalue weighted by molar-refractivity contribution is -0.0645. The van der Waals surface area contributed by atoms with E-state index < -0.39 is 5.97 Å². The molecule has 1 aliphatic carbocycles. The molecule has 1 saturated carbocycles. The first-order valence-corrected chi connectivity index (χ1v) is 12.4. The maximum Gasteiger partial charge on any atom is 0.347 e. The summed E-state index contributed by atoms with van der Waals surface area (Å²) in [6.07, 6.45) is 3.23. The van der Waals surface area contributed by atoms with Gasteiger partial charge in [-0.2, -0.15) is 14.4 Å². The molecule has 0 radical (unpaired) electrons. The third-order valence-electron chi connectivity index (χ3n) is 5.42. The van der Waals surface area contributed by atoms with E-state index in [9.17, 15) is 10.1 Å². The molecule has 0 spiro atoms. The number of anilines is 1. The number of esters is 1. The SMILES string of the molecule is CCOC(=O)c1c(N)nc(-c2cccc(C#N)c2)nc1OC1CC(C)(O[S+](C)C(C)(C)C)C1. The average molecular weight is 472 g/mol. The predicted octanol–water partition coefficient (Wildman–Crippen LogP) is 4.05. The zero-order chi connectivity index (χ0) is 24.4. The molecule has 0 aliphatic heterocycles. The summed E-state index contributed by atoms with van der Waals surface area (Å²) >= 11 is -0.218. The number of nitrogens with two attached hydrogens (primary N) is 1. The Kier molecular flexibility index (Phi) is 7.20. The summed E-state index contributed by atoms with van der Waals surface area (Å²) in [6, 6.07) is 8.94. The Labute approximate surface area is 198 Å². The van der Waals surface area contributed by atoms with Gasteiger partial charge >= 0.3 is 5.97 Å². The quantitative estimate of drug-likeness (QED) is 0.474. The van der Waals surface area contributed by atoms with Crippen molar-refractivity contribution in [2.75, 3.05) is 18.6 Å². The topological polar surface area (TPSA) is 120 Å². The van der Waals surface area contributed by atoms with Gasteiger partial charge in [0.25, 0.3) is 0 Å². The minimum atomic E-state index is -0.636. The molecule has 1 fully saturated rings. The Bertz CT molecular complexity index is 1070. The minimum Gasteiger partial charge on any atom is -0.473 e. The van der Waals surface area contributed by atoms with E-state index in [1.54, 1.807) is 31.2 Å². The Morgan fingerprint density at radius 3 is 2.64 bits per heavy atom. The van der Waals surface area contributed by atoms with Crippen LogP contribution in [-0.2, 0) is 20.1 Å². The van der Waals surface area contributed by atoms with Gasteiger partial charge in [-0.1, -0.05) is 12.1 Å². The van der Waals surface area contributed by atoms with E-state index in [1.807, 2.05) is 0 Å². The van der Waals surface area contributed by atoms with Crippen LogP contribution in [0.1, 0.15) is 63.4 Å². The number of nitrogens with zero attached hydrogens (tertiary/aromatic N) is 3. The number of hydrogen-bond acceptors (Lipinski definition) is 8. The molecule has 33 heavy (non-hydrogen) atoms. The van der Waals surface area contributed by atoms with Crippen molar-refractivity contribution in [3.05, 3.63) is 35.4 Å². The van der Waals surface area contributed by atoms with Crippen LogP contribution < -0.4 is 10.5 Å². The van der Waals surface area contributed by atoms with Crippen molar-refractivity contribution in [2.45, 2.75) is 63.9 Å². The second kappa shape index (κ2) is 9.57. The average Bonchev–Trinajstić information content (AvgIpc) is 2.71. The lowest BCUT2D eigenvalue weighted by atomic mass is 9.79. The molecular formula is C24H31N4O4S+. The molecule has 0 amide bonds. The van der Waals surface area contributed by atoms with Crippen LogP contribution in [0.2, 0.25) is 0 Å². The van der Waals surface area contributed by atoms with Crippen LogP contribution in [0.15, 0.2) is 24.3 Å². The molecule has 1 aromatic heterocycles. The molecule has 176 valence electrons. The molecule has 2 aromatic rings. The van der Waals surface area contributed by atoms with E-state index in [-0.39, 0.29) is 57.3 Å². The number of nitriles is 1. The highest BCUT2D eigenvalue weighted by Crippen LogP contribution is 2.42. The third-order valence-corrected chi connectivity index (χ3v) is 7.80. The molecular weight excluding hydrogens is 440 g/mol. The van der Waals surface area contributed by atoms with Gasteiger partial charge in [-0.3, -0.25) is 0 Å². The fourth-order valence-corrected chi connectivity index (χ4v) is 4.42. The summed E-state index contributed by atoms with van der Waals surface area (Å²) in [5, 5.41) is 9.20. The largest absolute Gasteiger partial charge is 0.473 e. The second-order valence-electron chi connectivity index (χ2n) is 9.27. The van der Waals surface area contributed by atoms with Gasteiger partial charge in [0, 0.05) is 18.4 Å². The van der Waals surface area contributed by atoms with Crippen LogP contribution in [0.25, 0.3) is 11.4 Å². The lowest BCUT2D eigenvalue weighted by Gasteiger charge is -2.42. The zero-order valence-electron chi connectivity index (χ0n) is 20.0. The van der Waals surface area contributed by atoms with Crippen molar-refractivity contribution in [2.24, 2.45) is 0 Å². The number of nitrogen functional groups attached to an aromatic ring is 1. The lowest BCUT2D eigenvalue weighted by Crippen LogP contribution is -2.52. The predicted molar refractivity (Wildman–Crippen MR) is 129 cm³/mol. The van der Waals surface area contributed by atoms with Gasteiger partial charge in [0.2, 0.25) is 5.88 Å². The number of hydrogen-bond donors (Lipinski definition) is 1. The first kappa shape index (κ1) is 24.8. The first-order chi connectivity index (χ1) is 15.5. The molecule has 8 nitrogen and oxygen atoms in total. The molecule has 1 heterocycles. The van der Waals surface area contributed by atoms with E-state index in [2.05, 4.69) is 50.0 Å². The van der Waals surface area contributed by atoms with E-state index in [4.69, 9.17) is 19.4 Å². The zero-order valence-corrected chi connectivity index (χ0v) is 20.8. The standard InChI is InChI=1S/C24H30N4O4S/c1-7-30-22(29)18-19(26)27-20(16-10-8-9-15(11-16)14-25)28-21(18)31-17-12-24(5,13-17)32-33(6)23(2,3)4/h8-11,17H,7,12-13H2,1-6H3,(H-,26,27,28,29)/p+1. The van der Waals surface area contributed by atoms with Crippen molar-refractivity contribution >= 4 is 23.0 Å². The van der Waals surface area contributed by atoms with Gasteiger partial charge in [-0.05, 0) is 46.8 Å². The number of benzene rings is 1. The summed E-state index contributed by atoms with van der Waals surface area (Å²) in [4.78, 5) is 21.3. The van der Waals surface area contributed by atoms with E-state index in [0.29, 0.717) is 24.0 Å². The maximum atomic E-state index is 12.6. The van der Waals surface area contributed by atoms with Crippen molar-refractivity contribution in [1.29, 1.82) is 5.26 Å². The van der Waals surface area contributed by atoms with Gasteiger partial charge in [0.1, 0.15) is 35.0 Å². The van der Waals surface area contributed by atoms with Gasteiger partial charge < -0.3 is 15.2 Å². The first-order valence-electron chi connectivity index (χ1n) is 10.8. The van der Waals surface area contributed by atoms with Crippen LogP contribution in [-0.4, -0.2) is 45.3 Å². The summed E-state index contributed by atoms with van der Waals surface area (Å²) in [5.41, 5.74) is 6.92. The fraction of sp³-hybridized carbons (Fsp3) is 0.500. The van der Waals surface area contributed by atoms with Crippen LogP contribution in [0.5, 0.6) is 5.88 Å². The van der Waals surface area contributed by atoms with Gasteiger partial charge in [0.05, 0.1) is 18.2 Å². The molecule has 3 rings (SSSR count). The normalized spacial score (nSPS) is 20.9. The van der Waals surface area contributed by atoms with Gasteiger partial charge in [-0.15, -0.1) is 0 Å². The van der Waals surface area contributed by atoms with Gasteiger partial charge in [0.15, 0.2) is 16.1 Å². The summed E-state index contributed by atoms with van der Waals surface area (Å²) in [6.45, 7) is 10.4. The molecule has 0 saturated heterocycles. The number of ether oxygens (including phenoxy) is 2. The highest BCUT2D eigenvalue weighted by atomic mass is 32.2. The molecule has 2 N–H and O–H groups in total. The number of carbonyl (C=O) groups is 1. The second-order valence-corrected chi connectivity index (χ2v) is 11.6. The molecule has 0 bridgehead atoms. The van der Waals surface area contributed by atoms with Crippen LogP contribution >= 0.6 is 0 Å². The summed E-state index contributed by atoms with van der Waals surface area (Å²) < 4.78 is 17.7.